The lowest BCUT2D eigenvalue weighted by atomic mass is 9.96. The van der Waals surface area contributed by atoms with Gasteiger partial charge >= 0.3 is 0 Å². The van der Waals surface area contributed by atoms with Gasteiger partial charge in [-0.25, -0.2) is 0 Å². The number of carbonyl (C=O) groups is 2. The average molecular weight is 476 g/mol. The molecule has 2 heterocycles. The van der Waals surface area contributed by atoms with E-state index in [0.717, 1.165) is 37.3 Å². The van der Waals surface area contributed by atoms with Crippen LogP contribution in [0.5, 0.6) is 5.75 Å². The molecule has 2 bridgehead atoms. The van der Waals surface area contributed by atoms with Crippen molar-refractivity contribution in [2.45, 2.75) is 57.3 Å². The lowest BCUT2D eigenvalue weighted by Gasteiger charge is -2.39. The Morgan fingerprint density at radius 1 is 1.03 bits per heavy atom. The molecule has 0 aliphatic carbocycles. The first-order valence-electron chi connectivity index (χ1n) is 10.9. The summed E-state index contributed by atoms with van der Waals surface area (Å²) in [5.41, 5.74) is 1.71. The number of rotatable bonds is 7. The minimum atomic E-state index is -0.234. The summed E-state index contributed by atoms with van der Waals surface area (Å²) < 4.78 is 5.67. The third-order valence-electron chi connectivity index (χ3n) is 6.14. The zero-order valence-corrected chi connectivity index (χ0v) is 19.5. The first-order valence-corrected chi connectivity index (χ1v) is 11.6. The Bertz CT molecular complexity index is 969. The van der Waals surface area contributed by atoms with Gasteiger partial charge in [0.15, 0.2) is 6.61 Å². The summed E-state index contributed by atoms with van der Waals surface area (Å²) in [5, 5.41) is 7.04. The SMILES string of the molecule is CC(=O)Nc1cc(Cl)ccc1OCC(=O)NC1C[C@H]2CC[C@H](C1)N2Cc1ccc(Cl)cc1. The zero-order chi connectivity index (χ0) is 22.7. The number of hydrogen-bond acceptors (Lipinski definition) is 4. The summed E-state index contributed by atoms with van der Waals surface area (Å²) in [7, 11) is 0. The lowest BCUT2D eigenvalue weighted by Crippen LogP contribution is -2.50. The van der Waals surface area contributed by atoms with Crippen LogP contribution in [0, 0.1) is 0 Å². The normalized spacial score (nSPS) is 22.4. The van der Waals surface area contributed by atoms with E-state index in [2.05, 4.69) is 27.7 Å². The smallest absolute Gasteiger partial charge is 0.258 e. The fraction of sp³-hybridized carbons (Fsp3) is 0.417. The van der Waals surface area contributed by atoms with Gasteiger partial charge < -0.3 is 15.4 Å². The third-order valence-corrected chi connectivity index (χ3v) is 6.63. The molecule has 4 rings (SSSR count). The molecule has 0 saturated carbocycles. The molecule has 2 N–H and O–H groups in total. The predicted molar refractivity (Wildman–Crippen MR) is 126 cm³/mol. The second-order valence-corrected chi connectivity index (χ2v) is 9.40. The van der Waals surface area contributed by atoms with Crippen LogP contribution >= 0.6 is 23.2 Å². The van der Waals surface area contributed by atoms with Crippen molar-refractivity contribution in [2.24, 2.45) is 0 Å². The van der Waals surface area contributed by atoms with Crippen molar-refractivity contribution < 1.29 is 14.3 Å². The summed E-state index contributed by atoms with van der Waals surface area (Å²) in [6.07, 6.45) is 4.19. The molecule has 170 valence electrons. The number of ether oxygens (including phenoxy) is 1. The van der Waals surface area contributed by atoms with Gasteiger partial charge in [0.1, 0.15) is 5.75 Å². The summed E-state index contributed by atoms with van der Waals surface area (Å²) in [6, 6.07) is 14.0. The van der Waals surface area contributed by atoms with Gasteiger partial charge in [-0.15, -0.1) is 0 Å². The second-order valence-electron chi connectivity index (χ2n) is 8.53. The van der Waals surface area contributed by atoms with E-state index in [1.165, 1.54) is 12.5 Å². The molecule has 2 aromatic carbocycles. The Balaban J connectivity index is 1.29. The monoisotopic (exact) mass is 475 g/mol. The molecule has 8 heteroatoms. The molecule has 6 nitrogen and oxygen atoms in total. The summed E-state index contributed by atoms with van der Waals surface area (Å²) >= 11 is 12.0. The first kappa shape index (κ1) is 22.9. The molecule has 0 unspecified atom stereocenters. The van der Waals surface area contributed by atoms with Crippen molar-refractivity contribution in [3.8, 4) is 5.75 Å². The number of piperidine rings is 1. The molecule has 2 amide bonds. The van der Waals surface area contributed by atoms with Gasteiger partial charge in [0.05, 0.1) is 5.69 Å². The van der Waals surface area contributed by atoms with Gasteiger partial charge in [0, 0.05) is 41.6 Å². The Morgan fingerprint density at radius 2 is 1.69 bits per heavy atom. The van der Waals surface area contributed by atoms with Crippen molar-refractivity contribution in [3.05, 3.63) is 58.1 Å². The Kier molecular flexibility index (Phi) is 7.23. The number of nitrogens with one attached hydrogen (secondary N) is 2. The molecular formula is C24H27Cl2N3O3. The number of halogens is 2. The van der Waals surface area contributed by atoms with E-state index in [9.17, 15) is 9.59 Å². The summed E-state index contributed by atoms with van der Waals surface area (Å²) in [6.45, 7) is 2.21. The molecule has 2 fully saturated rings. The van der Waals surface area contributed by atoms with Crippen molar-refractivity contribution in [3.63, 3.8) is 0 Å². The van der Waals surface area contributed by atoms with Crippen LogP contribution in [0.2, 0.25) is 10.0 Å². The molecule has 32 heavy (non-hydrogen) atoms. The second kappa shape index (κ2) is 10.1. The average Bonchev–Trinajstić information content (AvgIpc) is 2.96. The highest BCUT2D eigenvalue weighted by Crippen LogP contribution is 2.37. The first-order chi connectivity index (χ1) is 15.4. The molecular weight excluding hydrogens is 449 g/mol. The summed E-state index contributed by atoms with van der Waals surface area (Å²) in [5.74, 6) is 0.0179. The highest BCUT2D eigenvalue weighted by molar-refractivity contribution is 6.31. The topological polar surface area (TPSA) is 70.7 Å². The Morgan fingerprint density at radius 3 is 2.34 bits per heavy atom. The highest BCUT2D eigenvalue weighted by atomic mass is 35.5. The lowest BCUT2D eigenvalue weighted by molar-refractivity contribution is -0.124. The van der Waals surface area contributed by atoms with E-state index in [4.69, 9.17) is 27.9 Å². The fourth-order valence-electron chi connectivity index (χ4n) is 4.78. The molecule has 2 saturated heterocycles. The van der Waals surface area contributed by atoms with E-state index in [1.54, 1.807) is 18.2 Å². The summed E-state index contributed by atoms with van der Waals surface area (Å²) in [4.78, 5) is 26.5. The van der Waals surface area contributed by atoms with Crippen LogP contribution in [0.15, 0.2) is 42.5 Å². The minimum absolute atomic E-state index is 0.117. The van der Waals surface area contributed by atoms with Crippen molar-refractivity contribution in [1.82, 2.24) is 10.2 Å². The maximum Gasteiger partial charge on any atom is 0.258 e. The number of nitrogens with zero attached hydrogens (tertiary/aromatic N) is 1. The van der Waals surface area contributed by atoms with Gasteiger partial charge in [-0.3, -0.25) is 14.5 Å². The molecule has 0 radical (unpaired) electrons. The standard InChI is InChI=1S/C24H27Cl2N3O3/c1-15(30)27-22-10-18(26)6-9-23(22)32-14-24(31)28-19-11-20-7-8-21(12-19)29(20)13-16-2-4-17(25)5-3-16/h2-6,9-10,19-21H,7-8,11-14H2,1H3,(H,27,30)(H,28,31)/t20-,21-/m1/s1. The van der Waals surface area contributed by atoms with Crippen LogP contribution in [-0.2, 0) is 16.1 Å². The van der Waals surface area contributed by atoms with Gasteiger partial charge in [0.2, 0.25) is 5.91 Å². The van der Waals surface area contributed by atoms with E-state index in [-0.39, 0.29) is 24.5 Å². The van der Waals surface area contributed by atoms with E-state index < -0.39 is 0 Å². The zero-order valence-electron chi connectivity index (χ0n) is 17.9. The quantitative estimate of drug-likeness (QED) is 0.611. The van der Waals surface area contributed by atoms with Gasteiger partial charge in [-0.1, -0.05) is 35.3 Å². The van der Waals surface area contributed by atoms with Crippen molar-refractivity contribution in [1.29, 1.82) is 0 Å². The van der Waals surface area contributed by atoms with Crippen LogP contribution < -0.4 is 15.4 Å². The predicted octanol–water partition coefficient (Wildman–Crippen LogP) is 4.64. The Hall–Kier alpha value is -2.28. The van der Waals surface area contributed by atoms with Crippen LogP contribution in [0.1, 0.15) is 38.2 Å². The van der Waals surface area contributed by atoms with E-state index in [0.29, 0.717) is 28.5 Å². The number of fused-ring (bicyclic) bond motifs is 2. The van der Waals surface area contributed by atoms with Gasteiger partial charge in [-0.2, -0.15) is 0 Å². The minimum Gasteiger partial charge on any atom is -0.482 e. The molecule has 2 aliphatic heterocycles. The van der Waals surface area contributed by atoms with Crippen LogP contribution in [-0.4, -0.2) is 41.4 Å². The molecule has 2 aliphatic rings. The number of benzene rings is 2. The van der Waals surface area contributed by atoms with Crippen molar-refractivity contribution >= 4 is 40.7 Å². The van der Waals surface area contributed by atoms with Crippen molar-refractivity contribution in [2.75, 3.05) is 11.9 Å². The maximum atomic E-state index is 12.5. The van der Waals surface area contributed by atoms with Crippen LogP contribution in [0.4, 0.5) is 5.69 Å². The van der Waals surface area contributed by atoms with E-state index in [1.807, 2.05) is 12.1 Å². The molecule has 0 aromatic heterocycles. The Labute approximate surface area is 198 Å². The fourth-order valence-corrected chi connectivity index (χ4v) is 5.08. The number of carbonyl (C=O) groups excluding carboxylic acids is 2. The third kappa shape index (κ3) is 5.74. The van der Waals surface area contributed by atoms with Crippen LogP contribution in [0.25, 0.3) is 0 Å². The largest absolute Gasteiger partial charge is 0.482 e. The van der Waals surface area contributed by atoms with Crippen LogP contribution in [0.3, 0.4) is 0 Å². The molecule has 2 atom stereocenters. The number of hydrogen-bond donors (Lipinski definition) is 2. The van der Waals surface area contributed by atoms with Gasteiger partial charge in [-0.05, 0) is 61.6 Å². The number of amides is 2. The molecule has 0 spiro atoms. The number of anilines is 1. The highest BCUT2D eigenvalue weighted by Gasteiger charge is 2.40. The maximum absolute atomic E-state index is 12.5. The van der Waals surface area contributed by atoms with Gasteiger partial charge in [0.25, 0.3) is 5.91 Å². The molecule has 2 aromatic rings. The van der Waals surface area contributed by atoms with E-state index >= 15 is 0 Å².